The smallest absolute Gasteiger partial charge is 0.133 e. The van der Waals surface area contributed by atoms with Crippen molar-refractivity contribution in [3.8, 4) is 6.07 Å². The van der Waals surface area contributed by atoms with Gasteiger partial charge in [-0.25, -0.2) is 0 Å². The molecule has 0 saturated carbocycles. The van der Waals surface area contributed by atoms with Crippen LogP contribution in [0.2, 0.25) is 0 Å². The molecule has 13 heavy (non-hydrogen) atoms. The highest BCUT2D eigenvalue weighted by Gasteiger charge is 2.23. The van der Waals surface area contributed by atoms with Crippen LogP contribution in [0.25, 0.3) is 0 Å². The first-order valence-corrected chi connectivity index (χ1v) is 5.10. The van der Waals surface area contributed by atoms with Crippen molar-refractivity contribution in [2.24, 2.45) is 0 Å². The Balaban J connectivity index is 2.41. The second kappa shape index (κ2) is 5.43. The molecule has 0 aromatic carbocycles. The van der Waals surface area contributed by atoms with Crippen molar-refractivity contribution >= 4 is 11.6 Å². The van der Waals surface area contributed by atoms with Crippen molar-refractivity contribution in [3.05, 3.63) is 0 Å². The molecule has 0 aliphatic carbocycles. The van der Waals surface area contributed by atoms with Crippen LogP contribution in [0.4, 0.5) is 0 Å². The summed E-state index contributed by atoms with van der Waals surface area (Å²) in [4.78, 5) is 2.12. The van der Waals surface area contributed by atoms with Crippen molar-refractivity contribution < 1.29 is 5.11 Å². The normalized spacial score (nSPS) is 26.7. The minimum absolute atomic E-state index is 0.176. The molecule has 4 heteroatoms. The Kier molecular flexibility index (Phi) is 4.51. The fourth-order valence-corrected chi connectivity index (χ4v) is 1.93. The minimum atomic E-state index is -0.452. The molecule has 1 heterocycles. The third-order valence-electron chi connectivity index (χ3n) is 2.49. The number of halogens is 1. The van der Waals surface area contributed by atoms with Gasteiger partial charge in [0, 0.05) is 12.6 Å². The van der Waals surface area contributed by atoms with Gasteiger partial charge in [0.25, 0.3) is 0 Å². The molecule has 1 aliphatic rings. The molecule has 74 valence electrons. The lowest BCUT2D eigenvalue weighted by atomic mass is 10.0. The largest absolute Gasteiger partial charge is 0.395 e. The number of hydrogen-bond acceptors (Lipinski definition) is 3. The van der Waals surface area contributed by atoms with E-state index in [0.29, 0.717) is 6.54 Å². The summed E-state index contributed by atoms with van der Waals surface area (Å²) in [5.41, 5.74) is 0. The van der Waals surface area contributed by atoms with Crippen LogP contribution in [0.5, 0.6) is 0 Å². The van der Waals surface area contributed by atoms with Gasteiger partial charge in [-0.2, -0.15) is 5.26 Å². The maximum atomic E-state index is 9.08. The lowest BCUT2D eigenvalue weighted by molar-refractivity contribution is 0.0929. The van der Waals surface area contributed by atoms with E-state index in [4.69, 9.17) is 22.0 Å². The molecule has 0 bridgehead atoms. The molecule has 1 saturated heterocycles. The monoisotopic (exact) mass is 202 g/mol. The Hall–Kier alpha value is -0.300. The average Bonchev–Trinajstić information content (AvgIpc) is 2.18. The third-order valence-corrected chi connectivity index (χ3v) is 2.73. The maximum Gasteiger partial charge on any atom is 0.133 e. The summed E-state index contributed by atoms with van der Waals surface area (Å²) in [6.07, 6.45) is 3.33. The van der Waals surface area contributed by atoms with Crippen LogP contribution < -0.4 is 0 Å². The number of nitrogens with zero attached hydrogens (tertiary/aromatic N) is 2. The zero-order valence-electron chi connectivity index (χ0n) is 7.62. The Morgan fingerprint density at radius 1 is 1.62 bits per heavy atom. The van der Waals surface area contributed by atoms with Gasteiger partial charge < -0.3 is 5.11 Å². The zero-order valence-corrected chi connectivity index (χ0v) is 8.37. The molecule has 0 aromatic rings. The molecule has 2 unspecified atom stereocenters. The van der Waals surface area contributed by atoms with Crippen LogP contribution in [0, 0.1) is 11.3 Å². The van der Waals surface area contributed by atoms with Crippen molar-refractivity contribution in [1.29, 1.82) is 5.26 Å². The highest BCUT2D eigenvalue weighted by molar-refractivity contribution is 6.22. The standard InChI is InChI=1S/C9H15ClN2O/c10-8(5-11)6-12-4-2-1-3-9(12)7-13/h8-9,13H,1-4,6-7H2. The molecule has 0 amide bonds. The fraction of sp³-hybridized carbons (Fsp3) is 0.889. The molecule has 1 N–H and O–H groups in total. The number of aliphatic hydroxyl groups is 1. The predicted octanol–water partition coefficient (Wildman–Crippen LogP) is 0.964. The number of aliphatic hydroxyl groups excluding tert-OH is 1. The van der Waals surface area contributed by atoms with Crippen molar-refractivity contribution in [3.63, 3.8) is 0 Å². The lowest BCUT2D eigenvalue weighted by Crippen LogP contribution is -2.44. The first-order chi connectivity index (χ1) is 6.27. The first-order valence-electron chi connectivity index (χ1n) is 4.66. The minimum Gasteiger partial charge on any atom is -0.395 e. The number of alkyl halides is 1. The van der Waals surface area contributed by atoms with E-state index in [-0.39, 0.29) is 12.6 Å². The molecule has 0 radical (unpaired) electrons. The lowest BCUT2D eigenvalue weighted by Gasteiger charge is -2.34. The van der Waals surface area contributed by atoms with Crippen LogP contribution in [-0.4, -0.2) is 41.1 Å². The van der Waals surface area contributed by atoms with Gasteiger partial charge in [0.15, 0.2) is 0 Å². The molecular weight excluding hydrogens is 188 g/mol. The molecule has 1 aliphatic heterocycles. The summed E-state index contributed by atoms with van der Waals surface area (Å²) in [5, 5.41) is 17.2. The summed E-state index contributed by atoms with van der Waals surface area (Å²) in [7, 11) is 0. The van der Waals surface area contributed by atoms with Crippen LogP contribution in [0.1, 0.15) is 19.3 Å². The SMILES string of the molecule is N#CC(Cl)CN1CCCCC1CO. The Morgan fingerprint density at radius 2 is 2.38 bits per heavy atom. The van der Waals surface area contributed by atoms with Gasteiger partial charge in [0.1, 0.15) is 5.38 Å². The number of piperidine rings is 1. The van der Waals surface area contributed by atoms with E-state index < -0.39 is 5.38 Å². The molecule has 0 spiro atoms. The molecule has 3 nitrogen and oxygen atoms in total. The zero-order chi connectivity index (χ0) is 9.68. The summed E-state index contributed by atoms with van der Waals surface area (Å²) < 4.78 is 0. The van der Waals surface area contributed by atoms with E-state index in [0.717, 1.165) is 19.4 Å². The van der Waals surface area contributed by atoms with E-state index in [9.17, 15) is 0 Å². The Bertz CT molecular complexity index is 193. The van der Waals surface area contributed by atoms with Gasteiger partial charge in [-0.05, 0) is 19.4 Å². The van der Waals surface area contributed by atoms with Crippen molar-refractivity contribution in [2.75, 3.05) is 19.7 Å². The molecule has 1 fully saturated rings. The molecule has 2 atom stereocenters. The molecular formula is C9H15ClN2O. The highest BCUT2D eigenvalue weighted by Crippen LogP contribution is 2.17. The summed E-state index contributed by atoms with van der Waals surface area (Å²) in [5.74, 6) is 0. The van der Waals surface area contributed by atoms with E-state index in [1.165, 1.54) is 6.42 Å². The summed E-state index contributed by atoms with van der Waals surface area (Å²) in [6.45, 7) is 1.70. The van der Waals surface area contributed by atoms with E-state index in [1.54, 1.807) is 0 Å². The van der Waals surface area contributed by atoms with Gasteiger partial charge in [0.2, 0.25) is 0 Å². The second-order valence-corrected chi connectivity index (χ2v) is 3.95. The Labute approximate surface area is 83.9 Å². The topological polar surface area (TPSA) is 47.3 Å². The predicted molar refractivity (Wildman–Crippen MR) is 51.6 cm³/mol. The van der Waals surface area contributed by atoms with Crippen LogP contribution >= 0.6 is 11.6 Å². The van der Waals surface area contributed by atoms with E-state index >= 15 is 0 Å². The van der Waals surface area contributed by atoms with E-state index in [1.807, 2.05) is 6.07 Å². The molecule has 0 aromatic heterocycles. The number of hydrogen-bond donors (Lipinski definition) is 1. The van der Waals surface area contributed by atoms with E-state index in [2.05, 4.69) is 4.90 Å². The number of likely N-dealkylation sites (tertiary alicyclic amines) is 1. The number of nitriles is 1. The highest BCUT2D eigenvalue weighted by atomic mass is 35.5. The quantitative estimate of drug-likeness (QED) is 0.694. The van der Waals surface area contributed by atoms with Gasteiger partial charge in [0.05, 0.1) is 12.7 Å². The summed E-state index contributed by atoms with van der Waals surface area (Å²) >= 11 is 5.74. The van der Waals surface area contributed by atoms with Gasteiger partial charge >= 0.3 is 0 Å². The maximum absolute atomic E-state index is 9.08. The van der Waals surface area contributed by atoms with Gasteiger partial charge in [-0.3, -0.25) is 4.90 Å². The van der Waals surface area contributed by atoms with Crippen LogP contribution in [0.3, 0.4) is 0 Å². The van der Waals surface area contributed by atoms with Crippen LogP contribution in [0.15, 0.2) is 0 Å². The Morgan fingerprint density at radius 3 is 3.00 bits per heavy atom. The van der Waals surface area contributed by atoms with Crippen molar-refractivity contribution in [2.45, 2.75) is 30.7 Å². The van der Waals surface area contributed by atoms with Crippen LogP contribution in [-0.2, 0) is 0 Å². The number of rotatable bonds is 3. The third kappa shape index (κ3) is 3.15. The molecule has 1 rings (SSSR count). The fourth-order valence-electron chi connectivity index (χ4n) is 1.75. The van der Waals surface area contributed by atoms with Gasteiger partial charge in [-0.1, -0.05) is 6.42 Å². The average molecular weight is 203 g/mol. The van der Waals surface area contributed by atoms with Crippen molar-refractivity contribution in [1.82, 2.24) is 4.90 Å². The summed E-state index contributed by atoms with van der Waals surface area (Å²) in [6, 6.07) is 2.21. The second-order valence-electron chi connectivity index (χ2n) is 3.42. The first kappa shape index (κ1) is 10.8. The van der Waals surface area contributed by atoms with Gasteiger partial charge in [-0.15, -0.1) is 11.6 Å².